The van der Waals surface area contributed by atoms with E-state index in [2.05, 4.69) is 10.4 Å². The molecule has 31 heavy (non-hydrogen) atoms. The maximum atomic E-state index is 13.0. The van der Waals surface area contributed by atoms with Gasteiger partial charge in [-0.05, 0) is 24.6 Å². The van der Waals surface area contributed by atoms with E-state index in [1.807, 2.05) is 6.07 Å². The van der Waals surface area contributed by atoms with Crippen LogP contribution in [0.15, 0.2) is 53.6 Å². The van der Waals surface area contributed by atoms with Gasteiger partial charge in [0.05, 0.1) is 38.9 Å². The zero-order valence-corrected chi connectivity index (χ0v) is 18.6. The first kappa shape index (κ1) is 22.8. The van der Waals surface area contributed by atoms with Crippen molar-refractivity contribution in [1.82, 2.24) is 9.78 Å². The second kappa shape index (κ2) is 9.95. The van der Waals surface area contributed by atoms with Gasteiger partial charge < -0.3 is 15.8 Å². The minimum Gasteiger partial charge on any atom is -0.462 e. The fourth-order valence-corrected chi connectivity index (χ4v) is 4.40. The number of amides is 1. The monoisotopic (exact) mass is 480 g/mol. The number of nitrogens with zero attached hydrogens (tertiary/aromatic N) is 2. The highest BCUT2D eigenvalue weighted by atomic mass is 35.5. The van der Waals surface area contributed by atoms with Crippen molar-refractivity contribution in [2.75, 3.05) is 17.7 Å². The summed E-state index contributed by atoms with van der Waals surface area (Å²) in [5.74, 6) is -1.07. The topological polar surface area (TPSA) is 116 Å². The summed E-state index contributed by atoms with van der Waals surface area (Å²) < 4.78 is 18.8. The van der Waals surface area contributed by atoms with Crippen molar-refractivity contribution < 1.29 is 18.5 Å². The minimum absolute atomic E-state index is 0.0651. The van der Waals surface area contributed by atoms with E-state index in [9.17, 15) is 13.8 Å². The minimum atomic E-state index is -1.78. The molecule has 3 rings (SSSR count). The number of anilines is 2. The maximum absolute atomic E-state index is 13.0. The van der Waals surface area contributed by atoms with Gasteiger partial charge in [-0.2, -0.15) is 9.78 Å². The average Bonchev–Trinajstić information content (AvgIpc) is 3.09. The molecule has 162 valence electrons. The van der Waals surface area contributed by atoms with Crippen LogP contribution in [-0.2, 0) is 21.3 Å². The Hall–Kier alpha value is -2.88. The Labute approximate surface area is 190 Å². The van der Waals surface area contributed by atoms with E-state index in [1.165, 1.54) is 0 Å². The quantitative estimate of drug-likeness (QED) is 0.506. The van der Waals surface area contributed by atoms with Crippen molar-refractivity contribution in [2.24, 2.45) is 0 Å². The van der Waals surface area contributed by atoms with Gasteiger partial charge in [-0.15, -0.1) is 0 Å². The third-order valence-corrected chi connectivity index (χ3v) is 6.05. The normalized spacial score (nSPS) is 11.7. The summed E-state index contributed by atoms with van der Waals surface area (Å²) in [7, 11) is -1.78. The number of benzene rings is 2. The molecular formula is C20H18Cl2N4O4S. The molecule has 1 atom stereocenters. The molecule has 0 aliphatic heterocycles. The van der Waals surface area contributed by atoms with Gasteiger partial charge in [0.15, 0.2) is 5.03 Å². The molecular weight excluding hydrogens is 463 g/mol. The van der Waals surface area contributed by atoms with Crippen LogP contribution < -0.4 is 11.1 Å². The van der Waals surface area contributed by atoms with Crippen LogP contribution in [0.3, 0.4) is 0 Å². The highest BCUT2D eigenvalue weighted by Gasteiger charge is 2.29. The van der Waals surface area contributed by atoms with E-state index in [1.54, 1.807) is 49.4 Å². The molecule has 3 N–H and O–H groups in total. The van der Waals surface area contributed by atoms with Gasteiger partial charge in [-0.25, -0.2) is 9.59 Å². The highest BCUT2D eigenvalue weighted by molar-refractivity contribution is 7.84. The molecule has 3 aromatic rings. The fourth-order valence-electron chi connectivity index (χ4n) is 2.69. The van der Waals surface area contributed by atoms with Crippen LogP contribution in [-0.4, -0.2) is 32.6 Å². The number of carbonyl (C=O) groups excluding carboxylic acids is 2. The lowest BCUT2D eigenvalue weighted by Crippen LogP contribution is -2.23. The number of carbonyl (C=O) groups is 2. The highest BCUT2D eigenvalue weighted by Crippen LogP contribution is 2.30. The molecule has 0 saturated carbocycles. The molecule has 2 aromatic carbocycles. The number of hydrogen-bond donors (Lipinski definition) is 2. The van der Waals surface area contributed by atoms with Gasteiger partial charge in [0.2, 0.25) is 0 Å². The number of aromatic nitrogens is 2. The first-order valence-electron chi connectivity index (χ1n) is 9.06. The van der Waals surface area contributed by atoms with Gasteiger partial charge in [0.1, 0.15) is 11.4 Å². The second-order valence-electron chi connectivity index (χ2n) is 6.20. The van der Waals surface area contributed by atoms with Crippen LogP contribution in [0.25, 0.3) is 0 Å². The van der Waals surface area contributed by atoms with Crippen molar-refractivity contribution in [3.63, 3.8) is 0 Å². The summed E-state index contributed by atoms with van der Waals surface area (Å²) in [6.45, 7) is 1.68. The molecule has 11 heteroatoms. The largest absolute Gasteiger partial charge is 0.462 e. The van der Waals surface area contributed by atoms with Crippen LogP contribution in [0.1, 0.15) is 22.8 Å². The number of rotatable bonds is 6. The smallest absolute Gasteiger partial charge is 0.348 e. The molecule has 0 spiro atoms. The van der Waals surface area contributed by atoms with E-state index in [0.717, 1.165) is 10.2 Å². The lowest BCUT2D eigenvalue weighted by Gasteiger charge is -2.09. The summed E-state index contributed by atoms with van der Waals surface area (Å²) in [5, 5.41) is 6.81. The molecule has 1 unspecified atom stereocenters. The third-order valence-electron chi connectivity index (χ3n) is 4.11. The van der Waals surface area contributed by atoms with E-state index >= 15 is 0 Å². The zero-order valence-electron chi connectivity index (χ0n) is 16.3. The van der Waals surface area contributed by atoms with Crippen molar-refractivity contribution in [3.05, 3.63) is 69.7 Å². The molecule has 0 fully saturated rings. The number of ether oxygens (including phenoxy) is 1. The summed E-state index contributed by atoms with van der Waals surface area (Å²) in [6, 6.07) is 12.9. The Morgan fingerprint density at radius 3 is 2.39 bits per heavy atom. The Kier molecular flexibility index (Phi) is 7.32. The average molecular weight is 481 g/mol. The van der Waals surface area contributed by atoms with Gasteiger partial charge in [0.25, 0.3) is 0 Å². The van der Waals surface area contributed by atoms with E-state index in [-0.39, 0.29) is 44.5 Å². The number of nitrogen functional groups attached to an aromatic ring is 1. The van der Waals surface area contributed by atoms with Crippen LogP contribution in [0.5, 0.6) is 0 Å². The van der Waals surface area contributed by atoms with Crippen LogP contribution in [0, 0.1) is 0 Å². The lowest BCUT2D eigenvalue weighted by atomic mass is 10.2. The fraction of sp³-hybridized carbons (Fsp3) is 0.150. The lowest BCUT2D eigenvalue weighted by molar-refractivity contribution is 0.0523. The van der Waals surface area contributed by atoms with Crippen LogP contribution in [0.2, 0.25) is 10.0 Å². The first-order chi connectivity index (χ1) is 14.8. The Bertz CT molecular complexity index is 1130. The maximum Gasteiger partial charge on any atom is 0.348 e. The van der Waals surface area contributed by atoms with E-state index < -0.39 is 22.8 Å². The van der Waals surface area contributed by atoms with Gasteiger partial charge >= 0.3 is 12.0 Å². The van der Waals surface area contributed by atoms with E-state index in [4.69, 9.17) is 33.7 Å². The Balaban J connectivity index is 1.99. The predicted octanol–water partition coefficient (Wildman–Crippen LogP) is 4.34. The molecule has 0 saturated heterocycles. The standard InChI is InChI=1S/C20H18Cl2N4O4S/c1-2-30-19(27)15-17(23)26(20(28)24-16-13(21)9-6-10-14(16)22)25-18(15)31(29)11-12-7-4-3-5-8-12/h3-10H,2,11,23H2,1H3,(H,24,28). The molecule has 1 amide bonds. The first-order valence-corrected chi connectivity index (χ1v) is 11.1. The Morgan fingerprint density at radius 1 is 1.13 bits per heavy atom. The third kappa shape index (κ3) is 5.07. The molecule has 1 aromatic heterocycles. The number of para-hydroxylation sites is 1. The second-order valence-corrected chi connectivity index (χ2v) is 8.38. The SMILES string of the molecule is CCOC(=O)c1c(S(=O)Cc2ccccc2)nn(C(=O)Nc2c(Cl)cccc2Cl)c1N. The van der Waals surface area contributed by atoms with Gasteiger partial charge in [-0.3, -0.25) is 4.21 Å². The summed E-state index contributed by atoms with van der Waals surface area (Å²) in [5.41, 5.74) is 6.72. The molecule has 8 nitrogen and oxygen atoms in total. The number of nitrogens with two attached hydrogens (primary N) is 1. The van der Waals surface area contributed by atoms with Crippen molar-refractivity contribution in [2.45, 2.75) is 17.7 Å². The number of nitrogens with one attached hydrogen (secondary N) is 1. The number of hydrogen-bond acceptors (Lipinski definition) is 6. The molecule has 1 heterocycles. The Morgan fingerprint density at radius 2 is 1.77 bits per heavy atom. The van der Waals surface area contributed by atoms with Crippen molar-refractivity contribution in [1.29, 1.82) is 0 Å². The summed E-state index contributed by atoms with van der Waals surface area (Å²) in [4.78, 5) is 25.3. The van der Waals surface area contributed by atoms with Gasteiger partial charge in [-0.1, -0.05) is 59.6 Å². The summed E-state index contributed by atoms with van der Waals surface area (Å²) >= 11 is 12.2. The molecule has 0 aliphatic carbocycles. The van der Waals surface area contributed by atoms with Gasteiger partial charge in [0, 0.05) is 0 Å². The van der Waals surface area contributed by atoms with Crippen molar-refractivity contribution >= 4 is 57.5 Å². The zero-order chi connectivity index (χ0) is 22.5. The predicted molar refractivity (Wildman–Crippen MR) is 120 cm³/mol. The van der Waals surface area contributed by atoms with Crippen molar-refractivity contribution in [3.8, 4) is 0 Å². The molecule has 0 aliphatic rings. The van der Waals surface area contributed by atoms with E-state index in [0.29, 0.717) is 0 Å². The molecule has 0 bridgehead atoms. The number of halogens is 2. The van der Waals surface area contributed by atoms with Crippen LogP contribution >= 0.6 is 23.2 Å². The summed E-state index contributed by atoms with van der Waals surface area (Å²) in [6.07, 6.45) is 0. The van der Waals surface area contributed by atoms with Crippen LogP contribution in [0.4, 0.5) is 16.3 Å². The number of esters is 1. The molecule has 0 radical (unpaired) electrons.